The number of nitro benzene ring substituents is 2. The number of pyridine rings is 1. The van der Waals surface area contributed by atoms with Gasteiger partial charge in [-0.05, 0) is 6.07 Å². The normalized spacial score (nSPS) is 10.6. The number of nitrogens with zero attached hydrogens (tertiary/aromatic N) is 3. The van der Waals surface area contributed by atoms with Crippen LogP contribution >= 0.6 is 58.2 Å². The Morgan fingerprint density at radius 2 is 1.52 bits per heavy atom. The molecule has 12 heteroatoms. The minimum atomic E-state index is -0.748. The molecular weight excluding hydrogens is 412 g/mol. The first kappa shape index (κ1) is 18.0. The van der Waals surface area contributed by atoms with Crippen molar-refractivity contribution >= 4 is 69.5 Å². The van der Waals surface area contributed by atoms with E-state index in [1.807, 2.05) is 0 Å². The third-order valence-electron chi connectivity index (χ3n) is 2.52. The molecule has 0 unspecified atom stereocenters. The second-order valence-electron chi connectivity index (χ2n) is 3.92. The van der Waals surface area contributed by atoms with Crippen LogP contribution in [-0.4, -0.2) is 14.8 Å². The van der Waals surface area contributed by atoms with Gasteiger partial charge in [0.05, 0.1) is 35.7 Å². The smallest absolute Gasteiger partial charge is 0.258 e. The molecule has 23 heavy (non-hydrogen) atoms. The van der Waals surface area contributed by atoms with E-state index in [2.05, 4.69) is 4.98 Å². The molecular formula is C11H3Cl4N3O4S. The summed E-state index contributed by atoms with van der Waals surface area (Å²) in [5.74, 6) is 0. The van der Waals surface area contributed by atoms with Crippen LogP contribution in [0.25, 0.3) is 0 Å². The van der Waals surface area contributed by atoms with Crippen molar-refractivity contribution < 1.29 is 9.85 Å². The fourth-order valence-electron chi connectivity index (χ4n) is 1.52. The SMILES string of the molecule is O=[N+]([O-])c1ccc(Sc2c(Cl)c(Cl)nc(Cl)c2Cl)c([N+](=O)[O-])c1. The van der Waals surface area contributed by atoms with Gasteiger partial charge < -0.3 is 0 Å². The number of benzene rings is 1. The predicted molar refractivity (Wildman–Crippen MR) is 88.2 cm³/mol. The number of non-ortho nitro benzene ring substituents is 1. The van der Waals surface area contributed by atoms with Crippen molar-refractivity contribution in [1.29, 1.82) is 0 Å². The van der Waals surface area contributed by atoms with Gasteiger partial charge in [0.2, 0.25) is 0 Å². The molecule has 0 N–H and O–H groups in total. The molecule has 120 valence electrons. The Labute approximate surface area is 152 Å². The quantitative estimate of drug-likeness (QED) is 0.363. The molecule has 0 saturated carbocycles. The Kier molecular flexibility index (Phi) is 5.53. The van der Waals surface area contributed by atoms with Crippen molar-refractivity contribution in [1.82, 2.24) is 4.98 Å². The molecule has 1 aromatic heterocycles. The lowest BCUT2D eigenvalue weighted by Crippen LogP contribution is -1.95. The molecule has 0 aliphatic rings. The minimum absolute atomic E-state index is 0.0290. The molecule has 0 saturated heterocycles. The molecule has 7 nitrogen and oxygen atoms in total. The van der Waals surface area contributed by atoms with Crippen LogP contribution in [0, 0.1) is 20.2 Å². The first-order valence-electron chi connectivity index (χ1n) is 5.53. The molecule has 0 atom stereocenters. The van der Waals surface area contributed by atoms with Crippen molar-refractivity contribution in [3.05, 3.63) is 58.8 Å². The number of aromatic nitrogens is 1. The van der Waals surface area contributed by atoms with Gasteiger partial charge in [0.15, 0.2) is 10.3 Å². The Bertz CT molecular complexity index is 807. The van der Waals surface area contributed by atoms with Crippen LogP contribution in [0.3, 0.4) is 0 Å². The van der Waals surface area contributed by atoms with Crippen LogP contribution in [0.4, 0.5) is 11.4 Å². The molecule has 1 aromatic carbocycles. The van der Waals surface area contributed by atoms with E-state index < -0.39 is 21.2 Å². The van der Waals surface area contributed by atoms with Gasteiger partial charge in [-0.25, -0.2) is 4.98 Å². The Balaban J connectivity index is 2.57. The standard InChI is InChI=1S/C11H3Cl4N3O4S/c12-7-9(8(13)11(15)16-10(7)14)23-6-2-1-4(17(19)20)3-5(6)18(21)22/h1-3H. The maximum absolute atomic E-state index is 11.1. The van der Waals surface area contributed by atoms with Gasteiger partial charge in [-0.3, -0.25) is 20.2 Å². The third-order valence-corrected chi connectivity index (χ3v) is 5.40. The lowest BCUT2D eigenvalue weighted by atomic mass is 10.3. The molecule has 0 spiro atoms. The minimum Gasteiger partial charge on any atom is -0.258 e. The van der Waals surface area contributed by atoms with Crippen LogP contribution in [0.15, 0.2) is 28.0 Å². The zero-order valence-corrected chi connectivity index (χ0v) is 14.5. The second kappa shape index (κ2) is 7.06. The van der Waals surface area contributed by atoms with Gasteiger partial charge in [-0.15, -0.1) is 0 Å². The molecule has 0 radical (unpaired) electrons. The van der Waals surface area contributed by atoms with Crippen LogP contribution in [0.1, 0.15) is 0 Å². The summed E-state index contributed by atoms with van der Waals surface area (Å²) in [5.41, 5.74) is -0.885. The first-order valence-corrected chi connectivity index (χ1v) is 7.86. The van der Waals surface area contributed by atoms with Gasteiger partial charge in [0, 0.05) is 6.07 Å². The van der Waals surface area contributed by atoms with Crippen molar-refractivity contribution in [2.75, 3.05) is 0 Å². The third kappa shape index (κ3) is 3.78. The fourth-order valence-corrected chi connectivity index (χ4v) is 3.55. The van der Waals surface area contributed by atoms with Gasteiger partial charge >= 0.3 is 0 Å². The fraction of sp³-hybridized carbons (Fsp3) is 0. The highest BCUT2D eigenvalue weighted by Crippen LogP contribution is 2.46. The monoisotopic (exact) mass is 413 g/mol. The highest BCUT2D eigenvalue weighted by atomic mass is 35.5. The van der Waals surface area contributed by atoms with Crippen molar-refractivity contribution in [3.63, 3.8) is 0 Å². The van der Waals surface area contributed by atoms with Crippen molar-refractivity contribution in [3.8, 4) is 0 Å². The highest BCUT2D eigenvalue weighted by Gasteiger charge is 2.24. The molecule has 0 aliphatic heterocycles. The van der Waals surface area contributed by atoms with Crippen LogP contribution in [0.5, 0.6) is 0 Å². The van der Waals surface area contributed by atoms with E-state index in [-0.39, 0.29) is 30.1 Å². The zero-order chi connectivity index (χ0) is 17.3. The Morgan fingerprint density at radius 1 is 0.957 bits per heavy atom. The number of hydrogen-bond acceptors (Lipinski definition) is 6. The maximum Gasteiger partial charge on any atom is 0.290 e. The summed E-state index contributed by atoms with van der Waals surface area (Å²) in [5, 5.41) is 21.6. The number of halogens is 4. The van der Waals surface area contributed by atoms with Gasteiger partial charge in [-0.2, -0.15) is 0 Å². The molecule has 2 rings (SSSR count). The van der Waals surface area contributed by atoms with E-state index in [1.165, 1.54) is 6.07 Å². The Morgan fingerprint density at radius 3 is 2.00 bits per heavy atom. The summed E-state index contributed by atoms with van der Waals surface area (Å²) < 4.78 is 0. The van der Waals surface area contributed by atoms with E-state index in [1.54, 1.807) is 0 Å². The zero-order valence-electron chi connectivity index (χ0n) is 10.6. The van der Waals surface area contributed by atoms with Gasteiger partial charge in [0.25, 0.3) is 11.4 Å². The van der Waals surface area contributed by atoms with E-state index in [0.29, 0.717) is 0 Å². The van der Waals surface area contributed by atoms with Crippen molar-refractivity contribution in [2.45, 2.75) is 9.79 Å². The van der Waals surface area contributed by atoms with Gasteiger partial charge in [-0.1, -0.05) is 58.2 Å². The highest BCUT2D eigenvalue weighted by molar-refractivity contribution is 7.99. The van der Waals surface area contributed by atoms with Crippen LogP contribution < -0.4 is 0 Å². The molecule has 0 aliphatic carbocycles. The molecule has 0 amide bonds. The number of nitro groups is 2. The van der Waals surface area contributed by atoms with E-state index in [0.717, 1.165) is 23.9 Å². The first-order chi connectivity index (χ1) is 10.7. The average Bonchev–Trinajstić information content (AvgIpc) is 2.49. The predicted octanol–water partition coefficient (Wildman–Crippen LogP) is 5.66. The summed E-state index contributed by atoms with van der Waals surface area (Å²) in [6.07, 6.45) is 0. The number of hydrogen-bond donors (Lipinski definition) is 0. The summed E-state index contributed by atoms with van der Waals surface area (Å²) in [6, 6.07) is 3.19. The summed E-state index contributed by atoms with van der Waals surface area (Å²) in [7, 11) is 0. The van der Waals surface area contributed by atoms with E-state index in [9.17, 15) is 20.2 Å². The van der Waals surface area contributed by atoms with E-state index >= 15 is 0 Å². The lowest BCUT2D eigenvalue weighted by molar-refractivity contribution is -0.396. The molecule has 2 aromatic rings. The summed E-state index contributed by atoms with van der Waals surface area (Å²) in [6.45, 7) is 0. The number of rotatable bonds is 4. The maximum atomic E-state index is 11.1. The van der Waals surface area contributed by atoms with Crippen LogP contribution in [0.2, 0.25) is 20.4 Å². The largest absolute Gasteiger partial charge is 0.290 e. The summed E-state index contributed by atoms with van der Waals surface area (Å²) >= 11 is 24.4. The molecule has 0 bridgehead atoms. The Hall–Kier alpha value is -1.32. The molecule has 1 heterocycles. The van der Waals surface area contributed by atoms with Crippen LogP contribution in [-0.2, 0) is 0 Å². The van der Waals surface area contributed by atoms with E-state index in [4.69, 9.17) is 46.4 Å². The van der Waals surface area contributed by atoms with Gasteiger partial charge in [0.1, 0.15) is 0 Å². The lowest BCUT2D eigenvalue weighted by Gasteiger charge is -2.09. The topological polar surface area (TPSA) is 99.2 Å². The second-order valence-corrected chi connectivity index (χ2v) is 6.44. The average molecular weight is 415 g/mol. The molecule has 0 fully saturated rings. The van der Waals surface area contributed by atoms with Crippen molar-refractivity contribution in [2.24, 2.45) is 0 Å². The summed E-state index contributed by atoms with van der Waals surface area (Å²) in [4.78, 5) is 24.3.